The van der Waals surface area contributed by atoms with Gasteiger partial charge in [-0.15, -0.1) is 0 Å². The molecule has 6 heteroatoms. The second-order valence-corrected chi connectivity index (χ2v) is 7.45. The molecule has 1 saturated heterocycles. The van der Waals surface area contributed by atoms with Crippen LogP contribution in [0.5, 0.6) is 0 Å². The van der Waals surface area contributed by atoms with E-state index in [-0.39, 0.29) is 11.6 Å². The highest BCUT2D eigenvalue weighted by atomic mass is 35.5. The van der Waals surface area contributed by atoms with E-state index in [2.05, 4.69) is 36.5 Å². The van der Waals surface area contributed by atoms with E-state index in [1.54, 1.807) is 4.90 Å². The lowest BCUT2D eigenvalue weighted by Gasteiger charge is -2.29. The summed E-state index contributed by atoms with van der Waals surface area (Å²) in [5.41, 5.74) is 2.79. The Morgan fingerprint density at radius 2 is 1.85 bits per heavy atom. The number of aryl methyl sites for hydroxylation is 1. The van der Waals surface area contributed by atoms with E-state index in [4.69, 9.17) is 11.6 Å². The molecule has 1 aliphatic rings. The van der Waals surface area contributed by atoms with Gasteiger partial charge in [-0.05, 0) is 25.1 Å². The SMILES string of the molecule is Cc1cccc(C[NH+]2CC[NH+](CC(=O)Nc3cc(Cl)ccc3F)CC2)c1. The average molecular weight is 378 g/mol. The van der Waals surface area contributed by atoms with Gasteiger partial charge in [0.1, 0.15) is 38.5 Å². The molecule has 1 heterocycles. The van der Waals surface area contributed by atoms with Crippen LogP contribution in [0.2, 0.25) is 5.02 Å². The van der Waals surface area contributed by atoms with Crippen molar-refractivity contribution in [2.75, 3.05) is 38.0 Å². The largest absolute Gasteiger partial charge is 0.322 e. The van der Waals surface area contributed by atoms with Gasteiger partial charge < -0.3 is 15.1 Å². The van der Waals surface area contributed by atoms with Crippen LogP contribution < -0.4 is 15.1 Å². The summed E-state index contributed by atoms with van der Waals surface area (Å²) in [6.07, 6.45) is 0. The summed E-state index contributed by atoms with van der Waals surface area (Å²) in [4.78, 5) is 15.0. The molecule has 0 aromatic heterocycles. The molecular formula is C20H25ClFN3O+2. The molecule has 138 valence electrons. The molecule has 26 heavy (non-hydrogen) atoms. The first-order chi connectivity index (χ1) is 12.5. The van der Waals surface area contributed by atoms with Crippen molar-refractivity contribution in [3.8, 4) is 0 Å². The van der Waals surface area contributed by atoms with E-state index in [0.717, 1.165) is 32.7 Å². The summed E-state index contributed by atoms with van der Waals surface area (Å²) in [7, 11) is 0. The predicted molar refractivity (Wildman–Crippen MR) is 101 cm³/mol. The van der Waals surface area contributed by atoms with Crippen molar-refractivity contribution in [1.29, 1.82) is 0 Å². The van der Waals surface area contributed by atoms with Crippen LogP contribution in [0.25, 0.3) is 0 Å². The second-order valence-electron chi connectivity index (χ2n) is 7.01. The third kappa shape index (κ3) is 5.27. The molecule has 0 saturated carbocycles. The van der Waals surface area contributed by atoms with Crippen LogP contribution in [0.1, 0.15) is 11.1 Å². The molecular weight excluding hydrogens is 353 g/mol. The summed E-state index contributed by atoms with van der Waals surface area (Å²) >= 11 is 5.86. The molecule has 0 bridgehead atoms. The van der Waals surface area contributed by atoms with E-state index in [1.807, 2.05) is 0 Å². The van der Waals surface area contributed by atoms with Crippen LogP contribution in [-0.4, -0.2) is 38.6 Å². The van der Waals surface area contributed by atoms with Gasteiger partial charge >= 0.3 is 0 Å². The predicted octanol–water partition coefficient (Wildman–Crippen LogP) is 0.710. The Kier molecular flexibility index (Phi) is 6.25. The number of rotatable bonds is 5. The first-order valence-electron chi connectivity index (χ1n) is 8.97. The van der Waals surface area contributed by atoms with Gasteiger partial charge in [-0.1, -0.05) is 41.4 Å². The van der Waals surface area contributed by atoms with Gasteiger partial charge in [-0.3, -0.25) is 4.79 Å². The number of carbonyl (C=O) groups excluding carboxylic acids is 1. The molecule has 0 spiro atoms. The fraction of sp³-hybridized carbons (Fsp3) is 0.350. The summed E-state index contributed by atoms with van der Waals surface area (Å²) in [6.45, 7) is 7.42. The number of halogens is 2. The zero-order chi connectivity index (χ0) is 18.5. The Morgan fingerprint density at radius 1 is 1.12 bits per heavy atom. The maximum absolute atomic E-state index is 13.7. The van der Waals surface area contributed by atoms with Crippen molar-refractivity contribution in [2.45, 2.75) is 13.5 Å². The lowest BCUT2D eigenvalue weighted by atomic mass is 10.1. The number of amides is 1. The molecule has 3 rings (SSSR count). The van der Waals surface area contributed by atoms with E-state index in [0.29, 0.717) is 11.6 Å². The van der Waals surface area contributed by atoms with Crippen molar-refractivity contribution in [2.24, 2.45) is 0 Å². The quantitative estimate of drug-likeness (QED) is 0.705. The molecule has 1 aliphatic heterocycles. The van der Waals surface area contributed by atoms with Crippen LogP contribution in [0.3, 0.4) is 0 Å². The van der Waals surface area contributed by atoms with Crippen molar-refractivity contribution in [1.82, 2.24) is 0 Å². The Hall–Kier alpha value is -1.95. The fourth-order valence-electron chi connectivity index (χ4n) is 3.44. The van der Waals surface area contributed by atoms with Crippen molar-refractivity contribution >= 4 is 23.2 Å². The van der Waals surface area contributed by atoms with Gasteiger partial charge in [0.2, 0.25) is 0 Å². The summed E-state index contributed by atoms with van der Waals surface area (Å²) in [6, 6.07) is 12.8. The summed E-state index contributed by atoms with van der Waals surface area (Å²) in [5, 5.41) is 3.03. The third-order valence-electron chi connectivity index (χ3n) is 4.81. The molecule has 1 amide bonds. The second kappa shape index (κ2) is 8.62. The highest BCUT2D eigenvalue weighted by Gasteiger charge is 2.25. The monoisotopic (exact) mass is 377 g/mol. The average Bonchev–Trinajstić information content (AvgIpc) is 2.60. The highest BCUT2D eigenvalue weighted by molar-refractivity contribution is 6.30. The molecule has 4 nitrogen and oxygen atoms in total. The Morgan fingerprint density at radius 3 is 2.58 bits per heavy atom. The maximum Gasteiger partial charge on any atom is 0.279 e. The number of carbonyl (C=O) groups is 1. The minimum atomic E-state index is -0.467. The van der Waals surface area contributed by atoms with Gasteiger partial charge in [0.15, 0.2) is 6.54 Å². The van der Waals surface area contributed by atoms with Crippen LogP contribution in [0.15, 0.2) is 42.5 Å². The number of quaternary nitrogens is 2. The molecule has 0 atom stereocenters. The van der Waals surface area contributed by atoms with Gasteiger partial charge in [-0.2, -0.15) is 0 Å². The molecule has 0 radical (unpaired) electrons. The first-order valence-corrected chi connectivity index (χ1v) is 9.35. The van der Waals surface area contributed by atoms with Gasteiger partial charge in [0, 0.05) is 10.6 Å². The lowest BCUT2D eigenvalue weighted by molar-refractivity contribution is -1.02. The zero-order valence-corrected chi connectivity index (χ0v) is 15.7. The number of hydrogen-bond donors (Lipinski definition) is 3. The molecule has 3 N–H and O–H groups in total. The third-order valence-corrected chi connectivity index (χ3v) is 5.05. The molecule has 0 unspecified atom stereocenters. The van der Waals surface area contributed by atoms with Gasteiger partial charge in [0.25, 0.3) is 5.91 Å². The zero-order valence-electron chi connectivity index (χ0n) is 14.9. The maximum atomic E-state index is 13.7. The molecule has 0 aliphatic carbocycles. The van der Waals surface area contributed by atoms with Gasteiger partial charge in [0.05, 0.1) is 5.69 Å². The minimum Gasteiger partial charge on any atom is -0.322 e. The molecule has 1 fully saturated rings. The van der Waals surface area contributed by atoms with Crippen LogP contribution in [0.4, 0.5) is 10.1 Å². The molecule has 2 aromatic carbocycles. The number of nitrogens with one attached hydrogen (secondary N) is 3. The number of benzene rings is 2. The summed E-state index contributed by atoms with van der Waals surface area (Å²) < 4.78 is 13.7. The summed E-state index contributed by atoms with van der Waals surface area (Å²) in [5.74, 6) is -0.645. The fourth-order valence-corrected chi connectivity index (χ4v) is 3.61. The lowest BCUT2D eigenvalue weighted by Crippen LogP contribution is -3.28. The topological polar surface area (TPSA) is 38.0 Å². The Labute approximate surface area is 158 Å². The highest BCUT2D eigenvalue weighted by Crippen LogP contribution is 2.19. The van der Waals surface area contributed by atoms with E-state index >= 15 is 0 Å². The smallest absolute Gasteiger partial charge is 0.279 e. The minimum absolute atomic E-state index is 0.144. The Balaban J connectivity index is 1.46. The van der Waals surface area contributed by atoms with E-state index in [9.17, 15) is 9.18 Å². The molecule has 2 aromatic rings. The normalized spacial score (nSPS) is 20.0. The van der Waals surface area contributed by atoms with E-state index in [1.165, 1.54) is 34.2 Å². The Bertz CT molecular complexity index is 775. The van der Waals surface area contributed by atoms with Crippen molar-refractivity contribution in [3.05, 3.63) is 64.4 Å². The number of piperazine rings is 1. The van der Waals surface area contributed by atoms with E-state index < -0.39 is 5.82 Å². The van der Waals surface area contributed by atoms with Crippen molar-refractivity contribution in [3.63, 3.8) is 0 Å². The van der Waals surface area contributed by atoms with Crippen LogP contribution >= 0.6 is 11.6 Å². The number of anilines is 1. The van der Waals surface area contributed by atoms with Crippen LogP contribution in [-0.2, 0) is 11.3 Å². The first kappa shape index (κ1) is 18.8. The standard InChI is InChI=1S/C20H23ClFN3O/c1-15-3-2-4-16(11-15)13-24-7-9-25(10-8-24)14-20(26)23-19-12-17(21)5-6-18(19)22/h2-6,11-12H,7-10,13-14H2,1H3,(H,23,26)/p+2. The number of hydrogen-bond acceptors (Lipinski definition) is 1. The van der Waals surface area contributed by atoms with Crippen LogP contribution in [0, 0.1) is 12.7 Å². The van der Waals surface area contributed by atoms with Crippen molar-refractivity contribution < 1.29 is 19.0 Å². The van der Waals surface area contributed by atoms with Gasteiger partial charge in [-0.25, -0.2) is 4.39 Å².